The molecule has 1 amide bonds. The number of carbonyl (C=O) groups excluding carboxylic acids is 1. The Hall–Kier alpha value is -1.75. The molecule has 1 aromatic carbocycles. The number of carbonyl (C=O) groups is 1. The van der Waals surface area contributed by atoms with E-state index in [4.69, 9.17) is 15.2 Å². The number of fused-ring (bicyclic) bond motifs is 1. The topological polar surface area (TPSA) is 73.6 Å². The van der Waals surface area contributed by atoms with Gasteiger partial charge in [-0.2, -0.15) is 0 Å². The van der Waals surface area contributed by atoms with Crippen molar-refractivity contribution >= 4 is 11.6 Å². The zero-order chi connectivity index (χ0) is 15.0. The number of rotatable bonds is 3. The van der Waals surface area contributed by atoms with E-state index in [1.54, 1.807) is 0 Å². The molecule has 1 aromatic rings. The van der Waals surface area contributed by atoms with Gasteiger partial charge in [0.2, 0.25) is 5.91 Å². The number of benzene rings is 1. The highest BCUT2D eigenvalue weighted by atomic mass is 16.7. The second kappa shape index (κ2) is 5.22. The normalized spacial score (nSPS) is 20.0. The average Bonchev–Trinajstić information content (AvgIpc) is 3.03. The first-order valence-corrected chi connectivity index (χ1v) is 7.58. The summed E-state index contributed by atoms with van der Waals surface area (Å²) < 4.78 is 11.9. The summed E-state index contributed by atoms with van der Waals surface area (Å²) in [7, 11) is 0. The van der Waals surface area contributed by atoms with Gasteiger partial charge in [-0.05, 0) is 30.9 Å². The fraction of sp³-hybridized carbons (Fsp3) is 0.562. The van der Waals surface area contributed by atoms with Crippen LogP contribution in [-0.2, 0) is 4.79 Å². The number of amides is 1. The Labute approximate surface area is 124 Å². The molecule has 3 rings (SSSR count). The molecule has 5 heteroatoms. The molecule has 114 valence electrons. The van der Waals surface area contributed by atoms with E-state index in [2.05, 4.69) is 5.32 Å². The summed E-state index contributed by atoms with van der Waals surface area (Å²) in [4.78, 5) is 12.0. The van der Waals surface area contributed by atoms with E-state index in [1.807, 2.05) is 32.0 Å². The van der Waals surface area contributed by atoms with Gasteiger partial charge in [0.05, 0.1) is 6.04 Å². The Bertz CT molecular complexity index is 550. The Morgan fingerprint density at radius 1 is 1.24 bits per heavy atom. The number of nitrogens with one attached hydrogen (secondary N) is 1. The maximum absolute atomic E-state index is 12.0. The number of ether oxygens (including phenoxy) is 2. The Balaban J connectivity index is 1.72. The fourth-order valence-electron chi connectivity index (χ4n) is 2.82. The molecule has 1 heterocycles. The van der Waals surface area contributed by atoms with Crippen LogP contribution in [0.3, 0.4) is 0 Å². The highest BCUT2D eigenvalue weighted by molar-refractivity contribution is 5.95. The van der Waals surface area contributed by atoms with Gasteiger partial charge in [-0.25, -0.2) is 0 Å². The molecule has 1 aliphatic heterocycles. The van der Waals surface area contributed by atoms with Crippen molar-refractivity contribution in [1.29, 1.82) is 0 Å². The molecule has 1 fully saturated rings. The van der Waals surface area contributed by atoms with Gasteiger partial charge in [0.25, 0.3) is 5.79 Å². The predicted octanol–water partition coefficient (Wildman–Crippen LogP) is 2.65. The molecule has 0 aromatic heterocycles. The highest BCUT2D eigenvalue weighted by Gasteiger charge is 2.44. The molecular formula is C16H22N2O3. The van der Waals surface area contributed by atoms with Crippen LogP contribution in [0.4, 0.5) is 5.69 Å². The lowest BCUT2D eigenvalue weighted by Crippen LogP contribution is -2.39. The van der Waals surface area contributed by atoms with E-state index in [0.717, 1.165) is 31.4 Å². The molecule has 2 aliphatic rings. The third kappa shape index (κ3) is 2.70. The minimum atomic E-state index is -0.517. The number of hydrogen-bond donors (Lipinski definition) is 2. The fourth-order valence-corrected chi connectivity index (χ4v) is 2.82. The third-order valence-corrected chi connectivity index (χ3v) is 4.19. The van der Waals surface area contributed by atoms with Gasteiger partial charge >= 0.3 is 0 Å². The summed E-state index contributed by atoms with van der Waals surface area (Å²) in [6, 6.07) is 4.96. The maximum Gasteiger partial charge on any atom is 0.251 e. The minimum absolute atomic E-state index is 0.0979. The summed E-state index contributed by atoms with van der Waals surface area (Å²) in [5.41, 5.74) is 6.54. The largest absolute Gasteiger partial charge is 0.448 e. The van der Waals surface area contributed by atoms with E-state index in [1.165, 1.54) is 0 Å². The number of nitrogens with two attached hydrogens (primary N) is 1. The van der Waals surface area contributed by atoms with Gasteiger partial charge in [0, 0.05) is 24.6 Å². The molecular weight excluding hydrogens is 268 g/mol. The van der Waals surface area contributed by atoms with Gasteiger partial charge < -0.3 is 20.5 Å². The minimum Gasteiger partial charge on any atom is -0.448 e. The van der Waals surface area contributed by atoms with Crippen molar-refractivity contribution in [2.75, 3.05) is 5.32 Å². The van der Waals surface area contributed by atoms with E-state index < -0.39 is 11.8 Å². The van der Waals surface area contributed by atoms with Crippen LogP contribution in [-0.4, -0.2) is 17.7 Å². The smallest absolute Gasteiger partial charge is 0.251 e. The molecule has 3 N–H and O–H groups in total. The molecule has 1 saturated carbocycles. The van der Waals surface area contributed by atoms with Crippen LogP contribution in [0.2, 0.25) is 0 Å². The van der Waals surface area contributed by atoms with E-state index in [-0.39, 0.29) is 11.8 Å². The first-order chi connectivity index (χ1) is 9.99. The summed E-state index contributed by atoms with van der Waals surface area (Å²) in [6.07, 6.45) is 4.09. The van der Waals surface area contributed by atoms with Gasteiger partial charge in [-0.15, -0.1) is 0 Å². The first kappa shape index (κ1) is 14.2. The van der Waals surface area contributed by atoms with Crippen molar-refractivity contribution in [2.24, 2.45) is 11.7 Å². The van der Waals surface area contributed by atoms with Crippen LogP contribution in [0.1, 0.15) is 39.5 Å². The second-order valence-corrected chi connectivity index (χ2v) is 6.24. The summed E-state index contributed by atoms with van der Waals surface area (Å²) >= 11 is 0. The van der Waals surface area contributed by atoms with Crippen LogP contribution in [0, 0.1) is 5.92 Å². The molecule has 0 radical (unpaired) electrons. The summed E-state index contributed by atoms with van der Waals surface area (Å²) in [5, 5.41) is 2.83. The van der Waals surface area contributed by atoms with E-state index in [0.29, 0.717) is 11.4 Å². The summed E-state index contributed by atoms with van der Waals surface area (Å²) in [6.45, 7) is 3.85. The lowest BCUT2D eigenvalue weighted by Gasteiger charge is -2.21. The number of anilines is 1. The van der Waals surface area contributed by atoms with Crippen molar-refractivity contribution in [3.63, 3.8) is 0 Å². The van der Waals surface area contributed by atoms with Crippen LogP contribution in [0.5, 0.6) is 11.5 Å². The molecule has 5 nitrogen and oxygen atoms in total. The SMILES string of the molecule is CC(C)[C@H](N)C(=O)Nc1ccc2c(c1)OC1(CCCC1)O2. The zero-order valence-electron chi connectivity index (χ0n) is 12.5. The van der Waals surface area contributed by atoms with Gasteiger partial charge in [0.1, 0.15) is 0 Å². The number of hydrogen-bond acceptors (Lipinski definition) is 4. The Morgan fingerprint density at radius 2 is 1.90 bits per heavy atom. The summed E-state index contributed by atoms with van der Waals surface area (Å²) in [5.74, 6) is 0.898. The predicted molar refractivity (Wildman–Crippen MR) is 80.3 cm³/mol. The standard InChI is InChI=1S/C16H22N2O3/c1-10(2)14(17)15(19)18-11-5-6-12-13(9-11)21-16(20-12)7-3-4-8-16/h5-6,9-10,14H,3-4,7-8,17H2,1-2H3,(H,18,19)/t14-/m0/s1. The molecule has 1 aliphatic carbocycles. The Kier molecular flexibility index (Phi) is 3.53. The van der Waals surface area contributed by atoms with Crippen LogP contribution in [0.15, 0.2) is 18.2 Å². The third-order valence-electron chi connectivity index (χ3n) is 4.19. The Morgan fingerprint density at radius 3 is 2.57 bits per heavy atom. The van der Waals surface area contributed by atoms with Crippen molar-refractivity contribution in [3.05, 3.63) is 18.2 Å². The second-order valence-electron chi connectivity index (χ2n) is 6.24. The molecule has 1 atom stereocenters. The van der Waals surface area contributed by atoms with E-state index in [9.17, 15) is 4.79 Å². The van der Waals surface area contributed by atoms with Gasteiger partial charge in [-0.1, -0.05) is 13.8 Å². The van der Waals surface area contributed by atoms with Crippen LogP contribution in [0.25, 0.3) is 0 Å². The zero-order valence-corrected chi connectivity index (χ0v) is 12.5. The van der Waals surface area contributed by atoms with Crippen molar-refractivity contribution in [1.82, 2.24) is 0 Å². The maximum atomic E-state index is 12.0. The molecule has 0 bridgehead atoms. The van der Waals surface area contributed by atoms with Crippen molar-refractivity contribution < 1.29 is 14.3 Å². The van der Waals surface area contributed by atoms with Gasteiger partial charge in [-0.3, -0.25) is 4.79 Å². The average molecular weight is 290 g/mol. The molecule has 0 saturated heterocycles. The van der Waals surface area contributed by atoms with Crippen LogP contribution < -0.4 is 20.5 Å². The van der Waals surface area contributed by atoms with Crippen LogP contribution >= 0.6 is 0 Å². The van der Waals surface area contributed by atoms with Gasteiger partial charge in [0.15, 0.2) is 11.5 Å². The van der Waals surface area contributed by atoms with Crippen molar-refractivity contribution in [2.45, 2.75) is 51.4 Å². The monoisotopic (exact) mass is 290 g/mol. The lowest BCUT2D eigenvalue weighted by atomic mass is 10.0. The molecule has 1 spiro atoms. The van der Waals surface area contributed by atoms with Crippen molar-refractivity contribution in [3.8, 4) is 11.5 Å². The quantitative estimate of drug-likeness (QED) is 0.897. The molecule has 0 unspecified atom stereocenters. The van der Waals surface area contributed by atoms with E-state index >= 15 is 0 Å². The lowest BCUT2D eigenvalue weighted by molar-refractivity contribution is -0.118. The highest BCUT2D eigenvalue weighted by Crippen LogP contribution is 2.47. The first-order valence-electron chi connectivity index (χ1n) is 7.58. The molecule has 21 heavy (non-hydrogen) atoms.